The average molecular weight is 222 g/mol. The van der Waals surface area contributed by atoms with E-state index in [9.17, 15) is 0 Å². The summed E-state index contributed by atoms with van der Waals surface area (Å²) in [6.07, 6.45) is 8.79. The van der Waals surface area contributed by atoms with Crippen LogP contribution in [0, 0.1) is 22.7 Å². The van der Waals surface area contributed by atoms with Crippen LogP contribution in [-0.2, 0) is 0 Å². The van der Waals surface area contributed by atoms with Crippen molar-refractivity contribution in [3.8, 4) is 6.07 Å². The van der Waals surface area contributed by atoms with E-state index in [2.05, 4.69) is 25.2 Å². The molecule has 2 nitrogen and oxygen atoms in total. The summed E-state index contributed by atoms with van der Waals surface area (Å²) < 4.78 is 0. The fraction of sp³-hybridized carbons (Fsp3) is 0.929. The Morgan fingerprint density at radius 3 is 2.62 bits per heavy atom. The van der Waals surface area contributed by atoms with Crippen molar-refractivity contribution in [1.82, 2.24) is 5.32 Å². The van der Waals surface area contributed by atoms with Gasteiger partial charge in [0.1, 0.15) is 0 Å². The fourth-order valence-electron chi connectivity index (χ4n) is 2.51. The highest BCUT2D eigenvalue weighted by Gasteiger charge is 2.18. The van der Waals surface area contributed by atoms with Gasteiger partial charge in [-0.05, 0) is 30.7 Å². The van der Waals surface area contributed by atoms with Gasteiger partial charge in [0, 0.05) is 13.0 Å². The SMILES string of the molecule is CC(C)(CCC#N)CNCCC1CCCC1. The summed E-state index contributed by atoms with van der Waals surface area (Å²) in [6, 6.07) is 2.23. The normalized spacial score (nSPS) is 17.6. The molecular formula is C14H26N2. The van der Waals surface area contributed by atoms with E-state index in [0.29, 0.717) is 6.42 Å². The highest BCUT2D eigenvalue weighted by atomic mass is 14.9. The predicted octanol–water partition coefficient (Wildman–Crippen LogP) is 3.49. The molecule has 1 aliphatic rings. The molecule has 0 heterocycles. The lowest BCUT2D eigenvalue weighted by atomic mass is 9.88. The first-order chi connectivity index (χ1) is 7.64. The van der Waals surface area contributed by atoms with Crippen LogP contribution in [0.5, 0.6) is 0 Å². The van der Waals surface area contributed by atoms with Gasteiger partial charge in [-0.25, -0.2) is 0 Å². The minimum Gasteiger partial charge on any atom is -0.316 e. The van der Waals surface area contributed by atoms with Crippen LogP contribution in [0.4, 0.5) is 0 Å². The molecular weight excluding hydrogens is 196 g/mol. The Labute approximate surface area is 100 Å². The molecule has 0 atom stereocenters. The summed E-state index contributed by atoms with van der Waals surface area (Å²) in [6.45, 7) is 6.68. The van der Waals surface area contributed by atoms with Crippen LogP contribution in [0.3, 0.4) is 0 Å². The molecule has 0 spiro atoms. The molecule has 0 aliphatic heterocycles. The van der Waals surface area contributed by atoms with Crippen molar-refractivity contribution in [1.29, 1.82) is 5.26 Å². The van der Waals surface area contributed by atoms with Crippen molar-refractivity contribution >= 4 is 0 Å². The first kappa shape index (κ1) is 13.5. The molecule has 0 amide bonds. The summed E-state index contributed by atoms with van der Waals surface area (Å²) in [5.74, 6) is 0.981. The second-order valence-corrected chi connectivity index (χ2v) is 5.94. The van der Waals surface area contributed by atoms with E-state index in [0.717, 1.165) is 25.4 Å². The summed E-state index contributed by atoms with van der Waals surface area (Å²) in [5, 5.41) is 12.1. The molecule has 2 heteroatoms. The van der Waals surface area contributed by atoms with E-state index in [1.807, 2.05) is 0 Å². The maximum atomic E-state index is 8.57. The maximum Gasteiger partial charge on any atom is 0.0621 e. The van der Waals surface area contributed by atoms with Gasteiger partial charge >= 0.3 is 0 Å². The molecule has 0 aromatic heterocycles. The van der Waals surface area contributed by atoms with E-state index in [-0.39, 0.29) is 5.41 Å². The van der Waals surface area contributed by atoms with Crippen LogP contribution >= 0.6 is 0 Å². The highest BCUT2D eigenvalue weighted by Crippen LogP contribution is 2.27. The summed E-state index contributed by atoms with van der Waals surface area (Å²) in [7, 11) is 0. The molecule has 16 heavy (non-hydrogen) atoms. The molecule has 1 aliphatic carbocycles. The number of nitrogens with zero attached hydrogens (tertiary/aromatic N) is 1. The Morgan fingerprint density at radius 1 is 1.31 bits per heavy atom. The number of hydrogen-bond donors (Lipinski definition) is 1. The third-order valence-electron chi connectivity index (χ3n) is 3.72. The van der Waals surface area contributed by atoms with Gasteiger partial charge in [0.2, 0.25) is 0 Å². The Balaban J connectivity index is 2.02. The molecule has 0 aromatic carbocycles. The van der Waals surface area contributed by atoms with Crippen molar-refractivity contribution in [3.05, 3.63) is 0 Å². The van der Waals surface area contributed by atoms with Gasteiger partial charge in [-0.15, -0.1) is 0 Å². The third-order valence-corrected chi connectivity index (χ3v) is 3.72. The lowest BCUT2D eigenvalue weighted by Gasteiger charge is -2.24. The van der Waals surface area contributed by atoms with E-state index >= 15 is 0 Å². The van der Waals surface area contributed by atoms with E-state index in [1.165, 1.54) is 32.1 Å². The van der Waals surface area contributed by atoms with Crippen LogP contribution in [0.2, 0.25) is 0 Å². The van der Waals surface area contributed by atoms with Gasteiger partial charge in [0.25, 0.3) is 0 Å². The molecule has 0 unspecified atom stereocenters. The average Bonchev–Trinajstić information content (AvgIpc) is 2.75. The summed E-state index contributed by atoms with van der Waals surface area (Å²) in [4.78, 5) is 0. The number of rotatable bonds is 7. The van der Waals surface area contributed by atoms with Gasteiger partial charge in [0.05, 0.1) is 6.07 Å². The first-order valence-corrected chi connectivity index (χ1v) is 6.72. The van der Waals surface area contributed by atoms with Crippen LogP contribution in [-0.4, -0.2) is 13.1 Å². The molecule has 0 radical (unpaired) electrons. The molecule has 1 N–H and O–H groups in total. The van der Waals surface area contributed by atoms with Crippen molar-refractivity contribution < 1.29 is 0 Å². The fourth-order valence-corrected chi connectivity index (χ4v) is 2.51. The highest BCUT2D eigenvalue weighted by molar-refractivity contribution is 4.79. The standard InChI is InChI=1S/C14H26N2/c1-14(2,9-5-10-15)12-16-11-8-13-6-3-4-7-13/h13,16H,3-9,11-12H2,1-2H3. The zero-order valence-corrected chi connectivity index (χ0v) is 10.9. The topological polar surface area (TPSA) is 35.8 Å². The van der Waals surface area contributed by atoms with Crippen LogP contribution in [0.15, 0.2) is 0 Å². The quantitative estimate of drug-likeness (QED) is 0.669. The largest absolute Gasteiger partial charge is 0.316 e. The number of nitriles is 1. The number of nitrogens with one attached hydrogen (secondary N) is 1. The molecule has 0 aromatic rings. The van der Waals surface area contributed by atoms with Crippen molar-refractivity contribution in [3.63, 3.8) is 0 Å². The predicted molar refractivity (Wildman–Crippen MR) is 68.1 cm³/mol. The van der Waals surface area contributed by atoms with Gasteiger partial charge in [-0.2, -0.15) is 5.26 Å². The monoisotopic (exact) mass is 222 g/mol. The number of hydrogen-bond acceptors (Lipinski definition) is 2. The van der Waals surface area contributed by atoms with Gasteiger partial charge < -0.3 is 5.32 Å². The Bertz CT molecular complexity index is 221. The molecule has 1 saturated carbocycles. The first-order valence-electron chi connectivity index (χ1n) is 6.72. The summed E-state index contributed by atoms with van der Waals surface area (Å²) in [5.41, 5.74) is 0.269. The smallest absolute Gasteiger partial charge is 0.0621 e. The Morgan fingerprint density at radius 2 is 2.00 bits per heavy atom. The minimum atomic E-state index is 0.269. The lowest BCUT2D eigenvalue weighted by molar-refractivity contribution is 0.312. The van der Waals surface area contributed by atoms with Gasteiger partial charge in [-0.1, -0.05) is 39.5 Å². The van der Waals surface area contributed by atoms with Crippen LogP contribution < -0.4 is 5.32 Å². The summed E-state index contributed by atoms with van der Waals surface area (Å²) >= 11 is 0. The van der Waals surface area contributed by atoms with Gasteiger partial charge in [-0.3, -0.25) is 0 Å². The second-order valence-electron chi connectivity index (χ2n) is 5.94. The molecule has 0 bridgehead atoms. The third kappa shape index (κ3) is 5.51. The maximum absolute atomic E-state index is 8.57. The van der Waals surface area contributed by atoms with E-state index < -0.39 is 0 Å². The molecule has 1 rings (SSSR count). The molecule has 1 fully saturated rings. The van der Waals surface area contributed by atoms with Crippen molar-refractivity contribution in [2.45, 2.75) is 58.8 Å². The zero-order valence-electron chi connectivity index (χ0n) is 10.9. The zero-order chi connectivity index (χ0) is 11.9. The van der Waals surface area contributed by atoms with E-state index in [1.54, 1.807) is 0 Å². The van der Waals surface area contributed by atoms with Crippen LogP contribution in [0.1, 0.15) is 58.8 Å². The Kier molecular flexibility index (Phi) is 5.84. The van der Waals surface area contributed by atoms with Crippen molar-refractivity contribution in [2.24, 2.45) is 11.3 Å². The second kappa shape index (κ2) is 6.91. The van der Waals surface area contributed by atoms with Gasteiger partial charge in [0.15, 0.2) is 0 Å². The Hall–Kier alpha value is -0.550. The molecule has 92 valence electrons. The minimum absolute atomic E-state index is 0.269. The van der Waals surface area contributed by atoms with Crippen molar-refractivity contribution in [2.75, 3.05) is 13.1 Å². The van der Waals surface area contributed by atoms with Crippen LogP contribution in [0.25, 0.3) is 0 Å². The molecule has 0 saturated heterocycles. The lowest BCUT2D eigenvalue weighted by Crippen LogP contribution is -2.30. The van der Waals surface area contributed by atoms with E-state index in [4.69, 9.17) is 5.26 Å².